The molecular formula is C22H21N3O4. The first-order valence-corrected chi connectivity index (χ1v) is 9.67. The van der Waals surface area contributed by atoms with Gasteiger partial charge in [0.05, 0.1) is 0 Å². The first kappa shape index (κ1) is 17.6. The maximum Gasteiger partial charge on any atom is 0.276 e. The van der Waals surface area contributed by atoms with Gasteiger partial charge in [-0.1, -0.05) is 23.4 Å². The fourth-order valence-electron chi connectivity index (χ4n) is 3.84. The molecule has 0 spiro atoms. The average Bonchev–Trinajstić information content (AvgIpc) is 3.43. The van der Waals surface area contributed by atoms with Crippen LogP contribution in [0.4, 0.5) is 5.69 Å². The van der Waals surface area contributed by atoms with Crippen LogP contribution in [-0.2, 0) is 0 Å². The van der Waals surface area contributed by atoms with Gasteiger partial charge in [0.25, 0.3) is 5.91 Å². The quantitative estimate of drug-likeness (QED) is 0.682. The summed E-state index contributed by atoms with van der Waals surface area (Å²) in [5.74, 6) is 1.79. The molecule has 1 fully saturated rings. The van der Waals surface area contributed by atoms with E-state index in [1.807, 2.05) is 41.3 Å². The van der Waals surface area contributed by atoms with E-state index in [9.17, 15) is 4.79 Å². The molecule has 2 aliphatic rings. The molecule has 5 rings (SSSR count). The van der Waals surface area contributed by atoms with E-state index in [1.165, 1.54) is 5.69 Å². The summed E-state index contributed by atoms with van der Waals surface area (Å²) in [5, 5.41) is 4.02. The lowest BCUT2D eigenvalue weighted by atomic mass is 10.1. The molecule has 0 bridgehead atoms. The number of aromatic nitrogens is 1. The van der Waals surface area contributed by atoms with E-state index in [4.69, 9.17) is 14.0 Å². The summed E-state index contributed by atoms with van der Waals surface area (Å²) in [6.07, 6.45) is 0. The van der Waals surface area contributed by atoms with Crippen LogP contribution in [0.3, 0.4) is 0 Å². The van der Waals surface area contributed by atoms with Gasteiger partial charge in [-0.2, -0.15) is 0 Å². The standard InChI is InChI=1S/C22H21N3O4/c1-15-13-24(17-5-3-2-4-6-17)9-10-25(15)22(26)18-12-20(29-23-18)16-7-8-19-21(11-16)28-14-27-19/h2-8,11-12,15H,9-10,13-14H2,1H3. The number of rotatable bonds is 3. The Bertz CT molecular complexity index is 1030. The summed E-state index contributed by atoms with van der Waals surface area (Å²) in [4.78, 5) is 17.2. The predicted octanol–water partition coefficient (Wildman–Crippen LogP) is 3.42. The highest BCUT2D eigenvalue weighted by Gasteiger charge is 2.30. The fraction of sp³-hybridized carbons (Fsp3) is 0.273. The molecular weight excluding hydrogens is 370 g/mol. The second-order valence-corrected chi connectivity index (χ2v) is 7.27. The Hall–Kier alpha value is -3.48. The second-order valence-electron chi connectivity index (χ2n) is 7.27. The molecule has 3 aromatic rings. The molecule has 0 N–H and O–H groups in total. The Balaban J connectivity index is 1.30. The van der Waals surface area contributed by atoms with Crippen molar-refractivity contribution in [2.24, 2.45) is 0 Å². The maximum absolute atomic E-state index is 13.0. The highest BCUT2D eigenvalue weighted by atomic mass is 16.7. The fourth-order valence-corrected chi connectivity index (χ4v) is 3.84. The average molecular weight is 391 g/mol. The van der Waals surface area contributed by atoms with E-state index in [-0.39, 0.29) is 18.7 Å². The highest BCUT2D eigenvalue weighted by molar-refractivity contribution is 5.93. The summed E-state index contributed by atoms with van der Waals surface area (Å²) < 4.78 is 16.2. The Labute approximate surface area is 168 Å². The van der Waals surface area contributed by atoms with E-state index < -0.39 is 0 Å². The number of piperazine rings is 1. The van der Waals surface area contributed by atoms with Gasteiger partial charge in [0.2, 0.25) is 6.79 Å². The third-order valence-corrected chi connectivity index (χ3v) is 5.40. The molecule has 7 heteroatoms. The lowest BCUT2D eigenvalue weighted by Crippen LogP contribution is -2.54. The Kier molecular flexibility index (Phi) is 4.35. The largest absolute Gasteiger partial charge is 0.454 e. The second kappa shape index (κ2) is 7.16. The molecule has 1 unspecified atom stereocenters. The van der Waals surface area contributed by atoms with Crippen molar-refractivity contribution in [2.75, 3.05) is 31.3 Å². The van der Waals surface area contributed by atoms with Gasteiger partial charge in [-0.25, -0.2) is 0 Å². The minimum Gasteiger partial charge on any atom is -0.454 e. The van der Waals surface area contributed by atoms with Crippen molar-refractivity contribution in [1.29, 1.82) is 0 Å². The smallest absolute Gasteiger partial charge is 0.276 e. The molecule has 0 saturated carbocycles. The van der Waals surface area contributed by atoms with Gasteiger partial charge in [-0.3, -0.25) is 4.79 Å². The van der Waals surface area contributed by atoms with Crippen LogP contribution >= 0.6 is 0 Å². The van der Waals surface area contributed by atoms with Crippen LogP contribution < -0.4 is 14.4 Å². The van der Waals surface area contributed by atoms with Gasteiger partial charge in [-0.15, -0.1) is 0 Å². The zero-order chi connectivity index (χ0) is 19.8. The van der Waals surface area contributed by atoms with Gasteiger partial charge in [-0.05, 0) is 37.3 Å². The van der Waals surface area contributed by atoms with Gasteiger partial charge in [0.15, 0.2) is 23.0 Å². The number of nitrogens with zero attached hydrogens (tertiary/aromatic N) is 3. The van der Waals surface area contributed by atoms with Crippen molar-refractivity contribution in [2.45, 2.75) is 13.0 Å². The van der Waals surface area contributed by atoms with Crippen LogP contribution in [0.5, 0.6) is 11.5 Å². The third-order valence-electron chi connectivity index (χ3n) is 5.40. The van der Waals surface area contributed by atoms with Crippen molar-refractivity contribution in [1.82, 2.24) is 10.1 Å². The summed E-state index contributed by atoms with van der Waals surface area (Å²) in [6.45, 7) is 4.48. The molecule has 1 atom stereocenters. The van der Waals surface area contributed by atoms with E-state index in [1.54, 1.807) is 6.07 Å². The van der Waals surface area contributed by atoms with Crippen molar-refractivity contribution in [3.05, 3.63) is 60.3 Å². The molecule has 0 radical (unpaired) electrons. The topological polar surface area (TPSA) is 68.0 Å². The highest BCUT2D eigenvalue weighted by Crippen LogP contribution is 2.36. The number of carbonyl (C=O) groups is 1. The molecule has 1 amide bonds. The number of amides is 1. The Morgan fingerprint density at radius 2 is 1.86 bits per heavy atom. The first-order chi connectivity index (χ1) is 14.2. The molecule has 2 aliphatic heterocycles. The van der Waals surface area contributed by atoms with Gasteiger partial charge in [0, 0.05) is 43.0 Å². The van der Waals surface area contributed by atoms with Crippen molar-refractivity contribution in [3.8, 4) is 22.8 Å². The van der Waals surface area contributed by atoms with Crippen LogP contribution in [0.15, 0.2) is 59.1 Å². The number of ether oxygens (including phenoxy) is 2. The number of fused-ring (bicyclic) bond motifs is 1. The van der Waals surface area contributed by atoms with Crippen LogP contribution in [0.25, 0.3) is 11.3 Å². The monoisotopic (exact) mass is 391 g/mol. The number of hydrogen-bond acceptors (Lipinski definition) is 6. The molecule has 1 saturated heterocycles. The van der Waals surface area contributed by atoms with Crippen LogP contribution in [0.1, 0.15) is 17.4 Å². The zero-order valence-electron chi connectivity index (χ0n) is 16.1. The lowest BCUT2D eigenvalue weighted by molar-refractivity contribution is 0.0663. The minimum atomic E-state index is -0.110. The van der Waals surface area contributed by atoms with Crippen LogP contribution in [-0.4, -0.2) is 48.4 Å². The molecule has 1 aromatic heterocycles. The Morgan fingerprint density at radius 3 is 2.69 bits per heavy atom. The third kappa shape index (κ3) is 3.29. The van der Waals surface area contributed by atoms with E-state index in [0.717, 1.165) is 18.7 Å². The van der Waals surface area contributed by atoms with Crippen LogP contribution in [0, 0.1) is 0 Å². The summed E-state index contributed by atoms with van der Waals surface area (Å²) in [5.41, 5.74) is 2.29. The summed E-state index contributed by atoms with van der Waals surface area (Å²) in [7, 11) is 0. The summed E-state index contributed by atoms with van der Waals surface area (Å²) in [6, 6.07) is 17.6. The molecule has 148 valence electrons. The van der Waals surface area contributed by atoms with Crippen molar-refractivity contribution < 1.29 is 18.8 Å². The van der Waals surface area contributed by atoms with E-state index >= 15 is 0 Å². The summed E-state index contributed by atoms with van der Waals surface area (Å²) >= 11 is 0. The van der Waals surface area contributed by atoms with Crippen LogP contribution in [0.2, 0.25) is 0 Å². The van der Waals surface area contributed by atoms with Crippen molar-refractivity contribution in [3.63, 3.8) is 0 Å². The molecule has 7 nitrogen and oxygen atoms in total. The van der Waals surface area contributed by atoms with E-state index in [2.05, 4.69) is 29.1 Å². The Morgan fingerprint density at radius 1 is 1.03 bits per heavy atom. The van der Waals surface area contributed by atoms with E-state index in [0.29, 0.717) is 29.5 Å². The van der Waals surface area contributed by atoms with Gasteiger partial charge >= 0.3 is 0 Å². The molecule has 3 heterocycles. The number of anilines is 1. The number of carbonyl (C=O) groups excluding carboxylic acids is 1. The number of hydrogen-bond donors (Lipinski definition) is 0. The normalized spacial score (nSPS) is 18.2. The predicted molar refractivity (Wildman–Crippen MR) is 107 cm³/mol. The van der Waals surface area contributed by atoms with Gasteiger partial charge in [0.1, 0.15) is 0 Å². The van der Waals surface area contributed by atoms with Crippen molar-refractivity contribution >= 4 is 11.6 Å². The number of para-hydroxylation sites is 1. The maximum atomic E-state index is 13.0. The van der Waals surface area contributed by atoms with Gasteiger partial charge < -0.3 is 23.8 Å². The molecule has 0 aliphatic carbocycles. The SMILES string of the molecule is CC1CN(c2ccccc2)CCN1C(=O)c1cc(-c2ccc3c(c2)OCO3)on1. The first-order valence-electron chi connectivity index (χ1n) is 9.67. The minimum absolute atomic E-state index is 0.0714. The number of benzene rings is 2. The lowest BCUT2D eigenvalue weighted by Gasteiger charge is -2.40. The zero-order valence-corrected chi connectivity index (χ0v) is 16.1. The molecule has 2 aromatic carbocycles. The molecule has 29 heavy (non-hydrogen) atoms.